The molecule has 0 atom stereocenters. The second-order valence-corrected chi connectivity index (χ2v) is 9.32. The minimum Gasteiger partial charge on any atom is -0.0789 e. The van der Waals surface area contributed by atoms with Gasteiger partial charge in [-0.05, 0) is 81.0 Å². The fourth-order valence-electron chi connectivity index (χ4n) is 5.79. The van der Waals surface area contributed by atoms with Crippen molar-refractivity contribution in [3.63, 3.8) is 0 Å². The Morgan fingerprint density at radius 2 is 1.47 bits per heavy atom. The molecule has 0 aromatic rings. The van der Waals surface area contributed by atoms with E-state index in [1.807, 2.05) is 0 Å². The molecule has 0 heterocycles. The summed E-state index contributed by atoms with van der Waals surface area (Å²) in [5, 5.41) is 0. The summed E-state index contributed by atoms with van der Waals surface area (Å²) in [7, 11) is 0. The molecular weight excluding hydrogens is 295 g/mol. The molecule has 4 fully saturated rings. The maximum absolute atomic E-state index is 2.80. The number of fused-ring (bicyclic) bond motifs is 5. The van der Waals surface area contributed by atoms with Gasteiger partial charge in [-0.3, -0.25) is 0 Å². The van der Waals surface area contributed by atoms with Crippen LogP contribution in [-0.2, 0) is 0 Å². The van der Waals surface area contributed by atoms with E-state index in [0.29, 0.717) is 0 Å². The Kier molecular flexibility index (Phi) is 1.79. The lowest BCUT2D eigenvalue weighted by Crippen LogP contribution is -2.35. The lowest BCUT2D eigenvalue weighted by molar-refractivity contribution is 0.0499. The largest absolute Gasteiger partial charge is 0.0789 e. The summed E-state index contributed by atoms with van der Waals surface area (Å²) >= 11 is 2.80. The molecule has 0 spiro atoms. The molecule has 0 unspecified atom stereocenters. The summed E-state index contributed by atoms with van der Waals surface area (Å²) in [5.74, 6) is 1.14. The normalized spacial score (nSPS) is 61.8. The molecule has 4 aliphatic carbocycles. The summed E-state index contributed by atoms with van der Waals surface area (Å²) in [6.45, 7) is 0. The molecular formula is C14H21I. The van der Waals surface area contributed by atoms with Crippen molar-refractivity contribution in [1.82, 2.24) is 0 Å². The van der Waals surface area contributed by atoms with Crippen molar-refractivity contribution >= 4 is 22.6 Å². The first-order valence-corrected chi connectivity index (χ1v) is 7.92. The van der Waals surface area contributed by atoms with Crippen molar-refractivity contribution in [2.75, 3.05) is 0 Å². The molecule has 0 nitrogen and oxygen atoms in total. The van der Waals surface area contributed by atoms with Gasteiger partial charge in [0.1, 0.15) is 0 Å². The number of hydrogen-bond acceptors (Lipinski definition) is 0. The molecule has 84 valence electrons. The van der Waals surface area contributed by atoms with Gasteiger partial charge in [0, 0.05) is 3.42 Å². The predicted molar refractivity (Wildman–Crippen MR) is 71.3 cm³/mol. The molecule has 15 heavy (non-hydrogen) atoms. The van der Waals surface area contributed by atoms with E-state index in [9.17, 15) is 0 Å². The second kappa shape index (κ2) is 2.76. The molecule has 0 aromatic carbocycles. The van der Waals surface area contributed by atoms with Gasteiger partial charge in [0.05, 0.1) is 0 Å². The van der Waals surface area contributed by atoms with Crippen LogP contribution < -0.4 is 0 Å². The Bertz CT molecular complexity index is 290. The Morgan fingerprint density at radius 3 is 1.87 bits per heavy atom. The topological polar surface area (TPSA) is 0 Å². The van der Waals surface area contributed by atoms with Gasteiger partial charge < -0.3 is 0 Å². The highest BCUT2D eigenvalue weighted by Gasteiger charge is 2.64. The average molecular weight is 316 g/mol. The highest BCUT2D eigenvalue weighted by molar-refractivity contribution is 14.1. The molecule has 4 saturated carbocycles. The quantitative estimate of drug-likeness (QED) is 0.486. The van der Waals surface area contributed by atoms with Crippen LogP contribution in [-0.4, -0.2) is 3.42 Å². The number of rotatable bonds is 1. The van der Waals surface area contributed by atoms with Crippen LogP contribution in [0.15, 0.2) is 0 Å². The lowest BCUT2D eigenvalue weighted by Gasteiger charge is -2.45. The number of alkyl halides is 1. The SMILES string of the molecule is IC12CCC(C34CCC(CC3)C4)(CC1)C2. The van der Waals surface area contributed by atoms with Crippen LogP contribution in [0.1, 0.15) is 64.2 Å². The van der Waals surface area contributed by atoms with Crippen molar-refractivity contribution < 1.29 is 0 Å². The summed E-state index contributed by atoms with van der Waals surface area (Å²) < 4.78 is 0.743. The minimum absolute atomic E-state index is 0.743. The van der Waals surface area contributed by atoms with Gasteiger partial charge in [0.15, 0.2) is 0 Å². The van der Waals surface area contributed by atoms with Crippen molar-refractivity contribution in [3.8, 4) is 0 Å². The molecule has 1 heteroatoms. The van der Waals surface area contributed by atoms with Crippen molar-refractivity contribution in [3.05, 3.63) is 0 Å². The Labute approximate surface area is 107 Å². The average Bonchev–Trinajstić information content (AvgIpc) is 2.94. The van der Waals surface area contributed by atoms with E-state index in [2.05, 4.69) is 22.6 Å². The number of hydrogen-bond donors (Lipinski definition) is 0. The van der Waals surface area contributed by atoms with Gasteiger partial charge >= 0.3 is 0 Å². The van der Waals surface area contributed by atoms with E-state index in [1.165, 1.54) is 0 Å². The van der Waals surface area contributed by atoms with Crippen molar-refractivity contribution in [2.45, 2.75) is 67.6 Å². The van der Waals surface area contributed by atoms with E-state index in [4.69, 9.17) is 0 Å². The van der Waals surface area contributed by atoms with Crippen LogP contribution in [0, 0.1) is 16.7 Å². The van der Waals surface area contributed by atoms with Gasteiger partial charge in [0.25, 0.3) is 0 Å². The Balaban J connectivity index is 1.73. The molecule has 4 aliphatic rings. The number of halogens is 1. The van der Waals surface area contributed by atoms with Crippen LogP contribution in [0.5, 0.6) is 0 Å². The van der Waals surface area contributed by atoms with Crippen LogP contribution in [0.2, 0.25) is 0 Å². The third-order valence-corrected chi connectivity index (χ3v) is 8.09. The fraction of sp³-hybridized carbons (Fsp3) is 1.00. The predicted octanol–water partition coefficient (Wildman–Crippen LogP) is 4.70. The van der Waals surface area contributed by atoms with Crippen LogP contribution in [0.3, 0.4) is 0 Å². The maximum Gasteiger partial charge on any atom is 0.0228 e. The summed E-state index contributed by atoms with van der Waals surface area (Å²) in [4.78, 5) is 0. The molecule has 0 radical (unpaired) electrons. The third kappa shape index (κ3) is 1.09. The molecule has 4 bridgehead atoms. The van der Waals surface area contributed by atoms with Crippen LogP contribution in [0.4, 0.5) is 0 Å². The van der Waals surface area contributed by atoms with E-state index in [1.54, 1.807) is 64.2 Å². The molecule has 0 aliphatic heterocycles. The first-order valence-electron chi connectivity index (χ1n) is 6.85. The summed E-state index contributed by atoms with van der Waals surface area (Å²) in [6, 6.07) is 0. The summed E-state index contributed by atoms with van der Waals surface area (Å²) in [5.41, 5.74) is 1.68. The van der Waals surface area contributed by atoms with Crippen molar-refractivity contribution in [1.29, 1.82) is 0 Å². The Hall–Kier alpha value is 0.730. The molecule has 0 aromatic heterocycles. The van der Waals surface area contributed by atoms with E-state index >= 15 is 0 Å². The van der Waals surface area contributed by atoms with Gasteiger partial charge in [-0.15, -0.1) is 0 Å². The van der Waals surface area contributed by atoms with Gasteiger partial charge in [-0.25, -0.2) is 0 Å². The first kappa shape index (κ1) is 9.73. The lowest BCUT2D eigenvalue weighted by atomic mass is 9.60. The smallest absolute Gasteiger partial charge is 0.0228 e. The van der Waals surface area contributed by atoms with Crippen LogP contribution in [0.25, 0.3) is 0 Å². The van der Waals surface area contributed by atoms with Crippen molar-refractivity contribution in [2.24, 2.45) is 16.7 Å². The van der Waals surface area contributed by atoms with Gasteiger partial charge in [-0.1, -0.05) is 22.6 Å². The Morgan fingerprint density at radius 1 is 0.800 bits per heavy atom. The molecule has 4 rings (SSSR count). The zero-order chi connectivity index (χ0) is 10.1. The van der Waals surface area contributed by atoms with E-state index < -0.39 is 0 Å². The highest BCUT2D eigenvalue weighted by atomic mass is 127. The molecule has 0 N–H and O–H groups in total. The zero-order valence-corrected chi connectivity index (χ0v) is 11.7. The van der Waals surface area contributed by atoms with E-state index in [0.717, 1.165) is 20.2 Å². The van der Waals surface area contributed by atoms with Crippen LogP contribution >= 0.6 is 22.6 Å². The van der Waals surface area contributed by atoms with E-state index in [-0.39, 0.29) is 0 Å². The molecule has 0 amide bonds. The first-order chi connectivity index (χ1) is 7.16. The maximum atomic E-state index is 2.80. The standard InChI is InChI=1S/C14H21I/c15-14-7-5-13(10-14,6-8-14)12-3-1-11(9-12)2-4-12/h11H,1-10H2. The highest BCUT2D eigenvalue weighted by Crippen LogP contribution is 2.74. The zero-order valence-electron chi connectivity index (χ0n) is 9.53. The fourth-order valence-corrected chi connectivity index (χ4v) is 7.06. The third-order valence-electron chi connectivity index (χ3n) is 6.63. The minimum atomic E-state index is 0.743. The van der Waals surface area contributed by atoms with Gasteiger partial charge in [0.2, 0.25) is 0 Å². The monoisotopic (exact) mass is 316 g/mol. The van der Waals surface area contributed by atoms with Gasteiger partial charge in [-0.2, -0.15) is 0 Å². The molecule has 0 saturated heterocycles. The summed E-state index contributed by atoms with van der Waals surface area (Å²) in [6.07, 6.45) is 15.8. The second-order valence-electron chi connectivity index (χ2n) is 7.04.